The Hall–Kier alpha value is -2.24. The predicted octanol–water partition coefficient (Wildman–Crippen LogP) is 4.43. The SMILES string of the molecule is O=C(O)/C(=C/c1ccccc1Cl)Sc1nc2ccccc2[nH]1. The third kappa shape index (κ3) is 3.16. The van der Waals surface area contributed by atoms with Gasteiger partial charge in [-0.1, -0.05) is 41.9 Å². The maximum absolute atomic E-state index is 11.5. The van der Waals surface area contributed by atoms with E-state index >= 15 is 0 Å². The average molecular weight is 331 g/mol. The summed E-state index contributed by atoms with van der Waals surface area (Å²) in [5.41, 5.74) is 2.32. The summed E-state index contributed by atoms with van der Waals surface area (Å²) < 4.78 is 0. The highest BCUT2D eigenvalue weighted by molar-refractivity contribution is 8.04. The Kier molecular flexibility index (Phi) is 4.18. The Morgan fingerprint density at radius 2 is 1.91 bits per heavy atom. The molecule has 0 radical (unpaired) electrons. The number of H-pyrrole nitrogens is 1. The van der Waals surface area contributed by atoms with E-state index in [-0.39, 0.29) is 4.91 Å². The van der Waals surface area contributed by atoms with Crippen molar-refractivity contribution in [3.05, 3.63) is 64.0 Å². The summed E-state index contributed by atoms with van der Waals surface area (Å²) in [6.07, 6.45) is 1.54. The van der Waals surface area contributed by atoms with Gasteiger partial charge in [0.05, 0.1) is 11.0 Å². The topological polar surface area (TPSA) is 66.0 Å². The summed E-state index contributed by atoms with van der Waals surface area (Å²) in [4.78, 5) is 19.1. The molecule has 0 unspecified atom stereocenters. The summed E-state index contributed by atoms with van der Waals surface area (Å²) in [6, 6.07) is 14.6. The fourth-order valence-electron chi connectivity index (χ4n) is 1.95. The zero-order valence-corrected chi connectivity index (χ0v) is 12.9. The Bertz CT molecular complexity index is 840. The van der Waals surface area contributed by atoms with Crippen molar-refractivity contribution in [2.45, 2.75) is 5.16 Å². The highest BCUT2D eigenvalue weighted by atomic mass is 35.5. The molecule has 0 amide bonds. The van der Waals surface area contributed by atoms with Gasteiger partial charge in [0.25, 0.3) is 0 Å². The molecule has 0 saturated carbocycles. The Morgan fingerprint density at radius 3 is 2.64 bits per heavy atom. The quantitative estimate of drug-likeness (QED) is 0.548. The molecule has 2 aromatic carbocycles. The summed E-state index contributed by atoms with van der Waals surface area (Å²) in [7, 11) is 0. The number of halogens is 1. The van der Waals surface area contributed by atoms with Crippen molar-refractivity contribution >= 4 is 46.4 Å². The van der Waals surface area contributed by atoms with Crippen molar-refractivity contribution in [3.8, 4) is 0 Å². The number of para-hydroxylation sites is 2. The number of nitrogens with one attached hydrogen (secondary N) is 1. The molecule has 0 aliphatic heterocycles. The number of fused-ring (bicyclic) bond motifs is 1. The zero-order valence-electron chi connectivity index (χ0n) is 11.3. The summed E-state index contributed by atoms with van der Waals surface area (Å²) in [5, 5.41) is 10.4. The van der Waals surface area contributed by atoms with Gasteiger partial charge in [-0.2, -0.15) is 0 Å². The highest BCUT2D eigenvalue weighted by Crippen LogP contribution is 2.29. The van der Waals surface area contributed by atoms with Crippen LogP contribution in [0.15, 0.2) is 58.6 Å². The number of rotatable bonds is 4. The molecule has 0 bridgehead atoms. The van der Waals surface area contributed by atoms with Gasteiger partial charge in [0, 0.05) is 5.02 Å². The van der Waals surface area contributed by atoms with Gasteiger partial charge in [0.1, 0.15) is 4.91 Å². The van der Waals surface area contributed by atoms with E-state index in [0.717, 1.165) is 22.8 Å². The number of thioether (sulfide) groups is 1. The minimum absolute atomic E-state index is 0.146. The lowest BCUT2D eigenvalue weighted by Crippen LogP contribution is -1.97. The Balaban J connectivity index is 1.95. The molecule has 6 heteroatoms. The maximum atomic E-state index is 11.5. The number of aromatic nitrogens is 2. The van der Waals surface area contributed by atoms with Gasteiger partial charge in [-0.25, -0.2) is 9.78 Å². The molecule has 0 aliphatic rings. The number of aromatic amines is 1. The van der Waals surface area contributed by atoms with E-state index in [4.69, 9.17) is 11.6 Å². The van der Waals surface area contributed by atoms with Crippen LogP contribution in [0, 0.1) is 0 Å². The Morgan fingerprint density at radius 1 is 1.18 bits per heavy atom. The predicted molar refractivity (Wildman–Crippen MR) is 89.0 cm³/mol. The molecular weight excluding hydrogens is 320 g/mol. The first-order valence-corrected chi connectivity index (χ1v) is 7.65. The van der Waals surface area contributed by atoms with Crippen LogP contribution in [0.5, 0.6) is 0 Å². The number of hydrogen-bond donors (Lipinski definition) is 2. The number of carbonyl (C=O) groups is 1. The number of nitrogens with zero attached hydrogens (tertiary/aromatic N) is 1. The van der Waals surface area contributed by atoms with Crippen molar-refractivity contribution in [3.63, 3.8) is 0 Å². The second kappa shape index (κ2) is 6.25. The second-order valence-corrected chi connectivity index (χ2v) is 5.93. The number of carboxylic acid groups (broad SMARTS) is 1. The van der Waals surface area contributed by atoms with Crippen LogP contribution < -0.4 is 0 Å². The molecule has 0 atom stereocenters. The smallest absolute Gasteiger partial charge is 0.342 e. The van der Waals surface area contributed by atoms with Crippen LogP contribution in [0.25, 0.3) is 17.1 Å². The molecule has 3 aromatic rings. The standard InChI is InChI=1S/C16H11ClN2O2S/c17-11-6-2-1-5-10(11)9-14(15(20)21)22-16-18-12-7-3-4-8-13(12)19-16/h1-9H,(H,18,19)(H,20,21)/b14-9-. The molecule has 0 aliphatic carbocycles. The second-order valence-electron chi connectivity index (χ2n) is 4.50. The van der Waals surface area contributed by atoms with Crippen molar-refractivity contribution < 1.29 is 9.90 Å². The van der Waals surface area contributed by atoms with E-state index in [2.05, 4.69) is 9.97 Å². The fourth-order valence-corrected chi connectivity index (χ4v) is 2.93. The Labute approximate surface area is 135 Å². The lowest BCUT2D eigenvalue weighted by atomic mass is 10.2. The number of aliphatic carboxylic acids is 1. The molecular formula is C16H11ClN2O2S. The van der Waals surface area contributed by atoms with Crippen LogP contribution in [0.1, 0.15) is 5.56 Å². The minimum Gasteiger partial charge on any atom is -0.477 e. The van der Waals surface area contributed by atoms with Crippen LogP contribution in [-0.2, 0) is 4.79 Å². The van der Waals surface area contributed by atoms with Gasteiger partial charge in [0.2, 0.25) is 0 Å². The van der Waals surface area contributed by atoms with E-state index in [9.17, 15) is 9.90 Å². The molecule has 4 nitrogen and oxygen atoms in total. The monoisotopic (exact) mass is 330 g/mol. The van der Waals surface area contributed by atoms with E-state index < -0.39 is 5.97 Å². The third-order valence-corrected chi connectivity index (χ3v) is 4.22. The van der Waals surface area contributed by atoms with Gasteiger partial charge in [0.15, 0.2) is 5.16 Å². The lowest BCUT2D eigenvalue weighted by Gasteiger charge is -2.01. The van der Waals surface area contributed by atoms with Crippen molar-refractivity contribution in [1.29, 1.82) is 0 Å². The first kappa shape index (κ1) is 14.7. The first-order valence-electron chi connectivity index (χ1n) is 6.45. The number of imidazole rings is 1. The van der Waals surface area contributed by atoms with E-state index in [1.807, 2.05) is 30.3 Å². The molecule has 1 aromatic heterocycles. The van der Waals surface area contributed by atoms with Gasteiger partial charge in [-0.15, -0.1) is 0 Å². The van der Waals surface area contributed by atoms with Gasteiger partial charge >= 0.3 is 5.97 Å². The summed E-state index contributed by atoms with van der Waals surface area (Å²) in [5.74, 6) is -1.02. The minimum atomic E-state index is -1.02. The maximum Gasteiger partial charge on any atom is 0.342 e. The molecule has 110 valence electrons. The summed E-state index contributed by atoms with van der Waals surface area (Å²) in [6.45, 7) is 0. The molecule has 0 saturated heterocycles. The normalized spacial score (nSPS) is 11.8. The largest absolute Gasteiger partial charge is 0.477 e. The molecule has 0 fully saturated rings. The van der Waals surface area contributed by atoms with Crippen LogP contribution in [0.3, 0.4) is 0 Å². The molecule has 0 spiro atoms. The molecule has 22 heavy (non-hydrogen) atoms. The van der Waals surface area contributed by atoms with Crippen molar-refractivity contribution in [2.24, 2.45) is 0 Å². The van der Waals surface area contributed by atoms with Gasteiger partial charge < -0.3 is 10.1 Å². The van der Waals surface area contributed by atoms with Crippen LogP contribution >= 0.6 is 23.4 Å². The van der Waals surface area contributed by atoms with Crippen molar-refractivity contribution in [2.75, 3.05) is 0 Å². The summed E-state index contributed by atoms with van der Waals surface area (Å²) >= 11 is 7.13. The van der Waals surface area contributed by atoms with Crippen LogP contribution in [-0.4, -0.2) is 21.0 Å². The fraction of sp³-hybridized carbons (Fsp3) is 0. The molecule has 3 rings (SSSR count). The lowest BCUT2D eigenvalue weighted by molar-refractivity contribution is -0.131. The average Bonchev–Trinajstić information content (AvgIpc) is 2.91. The highest BCUT2D eigenvalue weighted by Gasteiger charge is 2.13. The number of hydrogen-bond acceptors (Lipinski definition) is 3. The molecule has 2 N–H and O–H groups in total. The third-order valence-electron chi connectivity index (χ3n) is 2.98. The first-order chi connectivity index (χ1) is 10.6. The van der Waals surface area contributed by atoms with Crippen LogP contribution in [0.2, 0.25) is 5.02 Å². The number of benzene rings is 2. The van der Waals surface area contributed by atoms with E-state index in [1.54, 1.807) is 24.3 Å². The van der Waals surface area contributed by atoms with E-state index in [0.29, 0.717) is 15.7 Å². The van der Waals surface area contributed by atoms with Gasteiger partial charge in [-0.05, 0) is 41.6 Å². The van der Waals surface area contributed by atoms with Crippen molar-refractivity contribution in [1.82, 2.24) is 9.97 Å². The van der Waals surface area contributed by atoms with Gasteiger partial charge in [-0.3, -0.25) is 0 Å². The number of carboxylic acids is 1. The zero-order chi connectivity index (χ0) is 15.5. The van der Waals surface area contributed by atoms with E-state index in [1.165, 1.54) is 0 Å². The van der Waals surface area contributed by atoms with Crippen LogP contribution in [0.4, 0.5) is 0 Å². The molecule has 1 heterocycles.